The number of amides is 3. The van der Waals surface area contributed by atoms with Crippen molar-refractivity contribution in [2.75, 3.05) is 35.2 Å². The van der Waals surface area contributed by atoms with Crippen molar-refractivity contribution in [1.82, 2.24) is 4.90 Å². The number of anilines is 3. The molecule has 0 aromatic heterocycles. The first kappa shape index (κ1) is 23.5. The number of likely N-dealkylation sites (tertiary alicyclic amines) is 1. The van der Waals surface area contributed by atoms with Gasteiger partial charge in [0.25, 0.3) is 5.91 Å². The number of carbonyl (C=O) groups excluding carboxylic acids is 2. The van der Waals surface area contributed by atoms with Crippen molar-refractivity contribution in [2.45, 2.75) is 25.8 Å². The number of nitrogens with zero attached hydrogens (tertiary/aromatic N) is 2. The highest BCUT2D eigenvalue weighted by molar-refractivity contribution is 6.39. The predicted octanol–water partition coefficient (Wildman–Crippen LogP) is 6.44. The highest BCUT2D eigenvalue weighted by atomic mass is 35.5. The number of benzene rings is 3. The van der Waals surface area contributed by atoms with E-state index < -0.39 is 6.03 Å². The molecule has 0 radical (unpaired) electrons. The summed E-state index contributed by atoms with van der Waals surface area (Å²) >= 11 is 12.4. The maximum absolute atomic E-state index is 13.5. The van der Waals surface area contributed by atoms with Crippen molar-refractivity contribution in [2.24, 2.45) is 0 Å². The molecule has 2 heterocycles. The van der Waals surface area contributed by atoms with Gasteiger partial charge in [0.15, 0.2) is 0 Å². The number of rotatable bonds is 4. The van der Waals surface area contributed by atoms with Crippen molar-refractivity contribution in [3.8, 4) is 0 Å². The van der Waals surface area contributed by atoms with Gasteiger partial charge in [0.1, 0.15) is 0 Å². The van der Waals surface area contributed by atoms with Gasteiger partial charge in [0, 0.05) is 37.6 Å². The van der Waals surface area contributed by atoms with Crippen molar-refractivity contribution in [1.29, 1.82) is 0 Å². The maximum atomic E-state index is 13.5. The van der Waals surface area contributed by atoms with Crippen LogP contribution in [0.1, 0.15) is 34.3 Å². The molecule has 6 nitrogen and oxygen atoms in total. The molecular formula is C27H26Cl2N4O2. The van der Waals surface area contributed by atoms with Crippen molar-refractivity contribution >= 4 is 52.2 Å². The Balaban J connectivity index is 1.41. The number of hydrogen-bond donors (Lipinski definition) is 2. The molecule has 180 valence electrons. The summed E-state index contributed by atoms with van der Waals surface area (Å²) in [5.74, 6) is -0.00503. The van der Waals surface area contributed by atoms with Crippen molar-refractivity contribution < 1.29 is 9.59 Å². The molecule has 2 aliphatic heterocycles. The Kier molecular flexibility index (Phi) is 6.84. The van der Waals surface area contributed by atoms with Crippen LogP contribution in [0.3, 0.4) is 0 Å². The summed E-state index contributed by atoms with van der Waals surface area (Å²) in [5.41, 5.74) is 4.97. The lowest BCUT2D eigenvalue weighted by molar-refractivity contribution is 0.0793. The molecule has 0 atom stereocenters. The van der Waals surface area contributed by atoms with E-state index in [0.29, 0.717) is 27.0 Å². The van der Waals surface area contributed by atoms with Crippen molar-refractivity contribution in [3.05, 3.63) is 87.4 Å². The standard InChI is InChI=1S/C27H26Cl2N4O2/c28-22-8-5-9-23(29)25(22)31-27(35)30-20-10-11-24(21(16-20)26(34)32-13-3-4-14-32)33-15-12-18-6-1-2-7-19(18)17-33/h1-2,5-11,16H,3-4,12-15,17H2,(H2,30,31,35). The first-order chi connectivity index (χ1) is 17.0. The average Bonchev–Trinajstić information content (AvgIpc) is 3.41. The van der Waals surface area contributed by atoms with Gasteiger partial charge >= 0.3 is 6.03 Å². The van der Waals surface area contributed by atoms with E-state index in [1.54, 1.807) is 24.3 Å². The third-order valence-electron chi connectivity index (χ3n) is 6.55. The molecule has 0 unspecified atom stereocenters. The molecular weight excluding hydrogens is 483 g/mol. The molecule has 0 bridgehead atoms. The number of halogens is 2. The minimum Gasteiger partial charge on any atom is -0.366 e. The Hall–Kier alpha value is -3.22. The second-order valence-corrected chi connectivity index (χ2v) is 9.66. The molecule has 2 aliphatic rings. The normalized spacial score (nSPS) is 15.0. The molecule has 3 amide bonds. The van der Waals surface area contributed by atoms with Crippen LogP contribution < -0.4 is 15.5 Å². The largest absolute Gasteiger partial charge is 0.366 e. The summed E-state index contributed by atoms with van der Waals surface area (Å²) in [6.45, 7) is 3.08. The molecule has 35 heavy (non-hydrogen) atoms. The van der Waals surface area contributed by atoms with E-state index >= 15 is 0 Å². The third kappa shape index (κ3) is 5.09. The Morgan fingerprint density at radius 1 is 0.800 bits per heavy atom. The summed E-state index contributed by atoms with van der Waals surface area (Å²) < 4.78 is 0. The molecule has 3 aromatic carbocycles. The molecule has 8 heteroatoms. The van der Waals surface area contributed by atoms with E-state index in [9.17, 15) is 9.59 Å². The van der Waals surface area contributed by atoms with Crippen LogP contribution in [0, 0.1) is 0 Å². The third-order valence-corrected chi connectivity index (χ3v) is 7.18. The van der Waals surface area contributed by atoms with Gasteiger partial charge < -0.3 is 20.4 Å². The van der Waals surface area contributed by atoms with Crippen LogP contribution >= 0.6 is 23.2 Å². The fraction of sp³-hybridized carbons (Fsp3) is 0.259. The second kappa shape index (κ2) is 10.2. The summed E-state index contributed by atoms with van der Waals surface area (Å²) in [6.07, 6.45) is 2.95. The van der Waals surface area contributed by atoms with Gasteiger partial charge in [-0.2, -0.15) is 0 Å². The number of hydrogen-bond acceptors (Lipinski definition) is 3. The Morgan fingerprint density at radius 3 is 2.26 bits per heavy atom. The molecule has 1 saturated heterocycles. The number of fused-ring (bicyclic) bond motifs is 1. The molecule has 0 aliphatic carbocycles. The fourth-order valence-corrected chi connectivity index (χ4v) is 5.24. The molecule has 3 aromatic rings. The van der Waals surface area contributed by atoms with E-state index in [4.69, 9.17) is 23.2 Å². The lowest BCUT2D eigenvalue weighted by atomic mass is 9.98. The maximum Gasteiger partial charge on any atom is 0.323 e. The number of para-hydroxylation sites is 1. The Bertz CT molecular complexity index is 1250. The van der Waals surface area contributed by atoms with Crippen LogP contribution in [0.15, 0.2) is 60.7 Å². The predicted molar refractivity (Wildman–Crippen MR) is 142 cm³/mol. The van der Waals surface area contributed by atoms with Crippen LogP contribution in [0.5, 0.6) is 0 Å². The monoisotopic (exact) mass is 508 g/mol. The Morgan fingerprint density at radius 2 is 1.51 bits per heavy atom. The van der Waals surface area contributed by atoms with Crippen LogP contribution in [0.2, 0.25) is 10.0 Å². The van der Waals surface area contributed by atoms with Gasteiger partial charge in [0.05, 0.1) is 21.3 Å². The molecule has 5 rings (SSSR count). The summed E-state index contributed by atoms with van der Waals surface area (Å²) in [6, 6.07) is 18.5. The van der Waals surface area contributed by atoms with E-state index in [1.807, 2.05) is 17.0 Å². The SMILES string of the molecule is O=C(Nc1ccc(N2CCc3ccccc3C2)c(C(=O)N2CCCC2)c1)Nc1c(Cl)cccc1Cl. The van der Waals surface area contributed by atoms with E-state index in [2.05, 4.69) is 39.8 Å². The second-order valence-electron chi connectivity index (χ2n) is 8.85. The minimum atomic E-state index is -0.487. The zero-order valence-electron chi connectivity index (χ0n) is 19.2. The van der Waals surface area contributed by atoms with Gasteiger partial charge in [-0.05, 0) is 60.7 Å². The average molecular weight is 509 g/mol. The summed E-state index contributed by atoms with van der Waals surface area (Å²) in [5, 5.41) is 6.21. The zero-order chi connectivity index (χ0) is 24.4. The fourth-order valence-electron chi connectivity index (χ4n) is 4.75. The van der Waals surface area contributed by atoms with E-state index in [0.717, 1.165) is 51.1 Å². The lowest BCUT2D eigenvalue weighted by Crippen LogP contribution is -2.34. The molecule has 2 N–H and O–H groups in total. The zero-order valence-corrected chi connectivity index (χ0v) is 20.7. The highest BCUT2D eigenvalue weighted by Crippen LogP contribution is 2.32. The topological polar surface area (TPSA) is 64.7 Å². The Labute approximate surface area is 214 Å². The van der Waals surface area contributed by atoms with Gasteiger partial charge in [-0.25, -0.2) is 4.79 Å². The number of carbonyl (C=O) groups is 2. The lowest BCUT2D eigenvalue weighted by Gasteiger charge is -2.33. The van der Waals surface area contributed by atoms with Crippen LogP contribution in [-0.4, -0.2) is 36.5 Å². The summed E-state index contributed by atoms with van der Waals surface area (Å²) in [7, 11) is 0. The first-order valence-corrected chi connectivity index (χ1v) is 12.5. The van der Waals surface area contributed by atoms with Crippen LogP contribution in [-0.2, 0) is 13.0 Å². The number of nitrogens with one attached hydrogen (secondary N) is 2. The molecule has 0 spiro atoms. The molecule has 1 fully saturated rings. The minimum absolute atomic E-state index is 0.00503. The van der Waals surface area contributed by atoms with Crippen LogP contribution in [0.25, 0.3) is 0 Å². The summed E-state index contributed by atoms with van der Waals surface area (Å²) in [4.78, 5) is 30.4. The first-order valence-electron chi connectivity index (χ1n) is 11.8. The number of urea groups is 1. The van der Waals surface area contributed by atoms with Crippen molar-refractivity contribution in [3.63, 3.8) is 0 Å². The van der Waals surface area contributed by atoms with Gasteiger partial charge in [-0.3, -0.25) is 4.79 Å². The van der Waals surface area contributed by atoms with Gasteiger partial charge in [-0.1, -0.05) is 53.5 Å². The van der Waals surface area contributed by atoms with E-state index in [-0.39, 0.29) is 5.91 Å². The van der Waals surface area contributed by atoms with E-state index in [1.165, 1.54) is 11.1 Å². The van der Waals surface area contributed by atoms with Gasteiger partial charge in [0.2, 0.25) is 0 Å². The molecule has 0 saturated carbocycles. The smallest absolute Gasteiger partial charge is 0.323 e. The van der Waals surface area contributed by atoms with Crippen LogP contribution in [0.4, 0.5) is 21.9 Å². The quantitative estimate of drug-likeness (QED) is 0.426. The van der Waals surface area contributed by atoms with Gasteiger partial charge in [-0.15, -0.1) is 0 Å². The highest BCUT2D eigenvalue weighted by Gasteiger charge is 2.26.